The van der Waals surface area contributed by atoms with Crippen molar-refractivity contribution in [1.29, 1.82) is 0 Å². The summed E-state index contributed by atoms with van der Waals surface area (Å²) in [7, 11) is 1.61. The average molecular weight is 383 g/mol. The van der Waals surface area contributed by atoms with Crippen molar-refractivity contribution >= 4 is 27.8 Å². The van der Waals surface area contributed by atoms with Gasteiger partial charge in [-0.25, -0.2) is 4.68 Å². The molecule has 0 fully saturated rings. The van der Waals surface area contributed by atoms with Crippen LogP contribution in [0.25, 0.3) is 0 Å². The van der Waals surface area contributed by atoms with Crippen LogP contribution in [0, 0.1) is 0 Å². The van der Waals surface area contributed by atoms with Gasteiger partial charge in [-0.2, -0.15) is 10.2 Å². The van der Waals surface area contributed by atoms with Gasteiger partial charge in [0.25, 0.3) is 5.56 Å². The van der Waals surface area contributed by atoms with E-state index in [2.05, 4.69) is 31.9 Å². The summed E-state index contributed by atoms with van der Waals surface area (Å²) >= 11 is 3.37. The Balaban J connectivity index is 1.98. The minimum absolute atomic E-state index is 0.208. The maximum absolute atomic E-state index is 12.1. The predicted octanol–water partition coefficient (Wildman–Crippen LogP) is 3.19. The molecule has 0 N–H and O–H groups in total. The number of nitrogens with zero attached hydrogens (tertiary/aromatic N) is 4. The molecule has 0 atom stereocenters. The maximum Gasteiger partial charge on any atom is 0.282 e. The Hall–Kier alpha value is -2.69. The first-order valence-electron chi connectivity index (χ1n) is 7.36. The monoisotopic (exact) mass is 382 g/mol. The molecule has 5 nitrogen and oxygen atoms in total. The Morgan fingerprint density at radius 2 is 2.17 bits per heavy atom. The van der Waals surface area contributed by atoms with Crippen molar-refractivity contribution in [2.45, 2.75) is 6.54 Å². The molecule has 6 heteroatoms. The van der Waals surface area contributed by atoms with Gasteiger partial charge in [-0.05, 0) is 33.6 Å². The molecule has 0 radical (unpaired) electrons. The zero-order valence-electron chi connectivity index (χ0n) is 13.1. The number of allylic oxidation sites excluding steroid dienone is 3. The van der Waals surface area contributed by atoms with Gasteiger partial charge in [0.05, 0.1) is 24.6 Å². The third-order valence-corrected chi connectivity index (χ3v) is 4.22. The molecule has 0 aliphatic heterocycles. The van der Waals surface area contributed by atoms with Gasteiger partial charge in [-0.3, -0.25) is 9.80 Å². The van der Waals surface area contributed by atoms with Crippen molar-refractivity contribution in [3.63, 3.8) is 0 Å². The van der Waals surface area contributed by atoms with E-state index < -0.39 is 0 Å². The molecule has 0 amide bonds. The summed E-state index contributed by atoms with van der Waals surface area (Å²) < 4.78 is 1.71. The van der Waals surface area contributed by atoms with Crippen LogP contribution in [0.2, 0.25) is 0 Å². The van der Waals surface area contributed by atoms with Gasteiger partial charge >= 0.3 is 0 Å². The topological polar surface area (TPSA) is 50.5 Å². The van der Waals surface area contributed by atoms with Crippen LogP contribution >= 0.6 is 15.9 Å². The smallest absolute Gasteiger partial charge is 0.266 e. The largest absolute Gasteiger partial charge is 0.282 e. The van der Waals surface area contributed by atoms with Crippen LogP contribution in [-0.2, 0) is 13.6 Å². The predicted molar refractivity (Wildman–Crippen MR) is 99.0 cm³/mol. The van der Waals surface area contributed by atoms with Crippen molar-refractivity contribution in [3.05, 3.63) is 86.5 Å². The van der Waals surface area contributed by atoms with E-state index in [1.165, 1.54) is 4.68 Å². The van der Waals surface area contributed by atoms with Gasteiger partial charge in [0.1, 0.15) is 4.47 Å². The molecule has 24 heavy (non-hydrogen) atoms. The van der Waals surface area contributed by atoms with E-state index in [-0.39, 0.29) is 5.56 Å². The fourth-order valence-electron chi connectivity index (χ4n) is 2.18. The molecule has 120 valence electrons. The number of aromatic nitrogens is 2. The first-order chi connectivity index (χ1) is 11.6. The Labute approximate surface area is 148 Å². The van der Waals surface area contributed by atoms with Gasteiger partial charge in [0, 0.05) is 12.6 Å². The molecule has 0 spiro atoms. The summed E-state index contributed by atoms with van der Waals surface area (Å²) in [5, 5.41) is 10.4. The SMILES string of the molecule is Cn1ncc(N(Cc2ccccc2)/N=C/C2=C=CC=C2)c(Br)c1=O. The molecular formula is C18H15BrN4O. The summed E-state index contributed by atoms with van der Waals surface area (Å²) in [5.74, 6) is 0. The van der Waals surface area contributed by atoms with Crippen molar-refractivity contribution in [2.24, 2.45) is 12.1 Å². The highest BCUT2D eigenvalue weighted by atomic mass is 79.9. The second kappa shape index (κ2) is 7.25. The number of aryl methyl sites for hydroxylation is 1. The first kappa shape index (κ1) is 16.2. The summed E-state index contributed by atoms with van der Waals surface area (Å²) in [6.07, 6.45) is 8.99. The highest BCUT2D eigenvalue weighted by Gasteiger charge is 2.14. The van der Waals surface area contributed by atoms with Crippen LogP contribution < -0.4 is 10.6 Å². The zero-order valence-corrected chi connectivity index (χ0v) is 14.6. The van der Waals surface area contributed by atoms with E-state index in [0.717, 1.165) is 11.1 Å². The second-order valence-corrected chi connectivity index (χ2v) is 5.98. The molecule has 0 bridgehead atoms. The van der Waals surface area contributed by atoms with Crippen LogP contribution in [0.3, 0.4) is 0 Å². The average Bonchev–Trinajstić information content (AvgIpc) is 3.11. The number of anilines is 1. The molecule has 1 aliphatic carbocycles. The Bertz CT molecular complexity index is 922. The fourth-order valence-corrected chi connectivity index (χ4v) is 2.75. The van der Waals surface area contributed by atoms with E-state index >= 15 is 0 Å². The molecule has 0 saturated heterocycles. The Morgan fingerprint density at radius 3 is 2.88 bits per heavy atom. The number of hydrogen-bond acceptors (Lipinski definition) is 4. The lowest BCUT2D eigenvalue weighted by Crippen LogP contribution is -2.25. The molecule has 3 rings (SSSR count). The first-order valence-corrected chi connectivity index (χ1v) is 8.15. The molecule has 0 unspecified atom stereocenters. The van der Waals surface area contributed by atoms with Gasteiger partial charge in [-0.15, -0.1) is 5.73 Å². The summed E-state index contributed by atoms with van der Waals surface area (Å²) in [6.45, 7) is 0.519. The van der Waals surface area contributed by atoms with Crippen LogP contribution in [0.1, 0.15) is 5.56 Å². The van der Waals surface area contributed by atoms with Gasteiger partial charge in [0.15, 0.2) is 0 Å². The number of benzene rings is 1. The number of rotatable bonds is 5. The minimum Gasteiger partial charge on any atom is -0.266 e. The summed E-state index contributed by atoms with van der Waals surface area (Å²) in [6, 6.07) is 9.93. The van der Waals surface area contributed by atoms with E-state index in [1.807, 2.05) is 48.6 Å². The van der Waals surface area contributed by atoms with Gasteiger partial charge in [-0.1, -0.05) is 36.4 Å². The number of halogens is 1. The Morgan fingerprint density at radius 1 is 1.38 bits per heavy atom. The van der Waals surface area contributed by atoms with Gasteiger partial charge < -0.3 is 0 Å². The zero-order chi connectivity index (χ0) is 16.9. The van der Waals surface area contributed by atoms with E-state index in [4.69, 9.17) is 0 Å². The number of hydrazone groups is 1. The van der Waals surface area contributed by atoms with Crippen molar-refractivity contribution in [2.75, 3.05) is 5.01 Å². The lowest BCUT2D eigenvalue weighted by Gasteiger charge is -2.20. The molecule has 0 saturated carbocycles. The van der Waals surface area contributed by atoms with Gasteiger partial charge in [0.2, 0.25) is 0 Å². The summed E-state index contributed by atoms with van der Waals surface area (Å²) in [5.41, 5.74) is 5.43. The molecule has 1 aromatic carbocycles. The standard InChI is InChI=1S/C18H15BrN4O/c1-22-18(24)17(19)16(12-20-22)23(13-15-9-3-2-4-10-15)21-11-14-7-5-6-8-14/h2-7,9-12H,13H2,1H3/b21-11+. The normalized spacial score (nSPS) is 12.8. The van der Waals surface area contributed by atoms with Crippen LogP contribution in [0.4, 0.5) is 5.69 Å². The van der Waals surface area contributed by atoms with Crippen molar-refractivity contribution in [1.82, 2.24) is 9.78 Å². The summed E-state index contributed by atoms with van der Waals surface area (Å²) in [4.78, 5) is 12.1. The van der Waals surface area contributed by atoms with E-state index in [0.29, 0.717) is 16.7 Å². The van der Waals surface area contributed by atoms with E-state index in [1.54, 1.807) is 24.5 Å². The molecule has 2 aromatic rings. The maximum atomic E-state index is 12.1. The van der Waals surface area contributed by atoms with Crippen LogP contribution in [0.5, 0.6) is 0 Å². The number of hydrogen-bond donors (Lipinski definition) is 0. The fraction of sp³-hybridized carbons (Fsp3) is 0.111. The lowest BCUT2D eigenvalue weighted by atomic mass is 10.2. The quantitative estimate of drug-likeness (QED) is 0.453. The van der Waals surface area contributed by atoms with Crippen molar-refractivity contribution < 1.29 is 0 Å². The Kier molecular flexibility index (Phi) is 4.89. The van der Waals surface area contributed by atoms with Crippen molar-refractivity contribution in [3.8, 4) is 0 Å². The molecule has 1 aliphatic rings. The third-order valence-electron chi connectivity index (χ3n) is 3.47. The highest BCUT2D eigenvalue weighted by molar-refractivity contribution is 9.10. The molecule has 1 heterocycles. The highest BCUT2D eigenvalue weighted by Crippen LogP contribution is 2.23. The third kappa shape index (κ3) is 3.62. The van der Waals surface area contributed by atoms with E-state index in [9.17, 15) is 4.79 Å². The second-order valence-electron chi connectivity index (χ2n) is 5.19. The molecule has 1 aromatic heterocycles. The lowest BCUT2D eigenvalue weighted by molar-refractivity contribution is 0.695. The van der Waals surface area contributed by atoms with Crippen LogP contribution in [0.15, 0.2) is 80.4 Å². The minimum atomic E-state index is -0.208. The van der Waals surface area contributed by atoms with Crippen LogP contribution in [-0.4, -0.2) is 16.0 Å². The molecular weight excluding hydrogens is 368 g/mol.